The number of carbonyl (C=O) groups is 1. The number of amides is 1. The van der Waals surface area contributed by atoms with Crippen LogP contribution in [0.15, 0.2) is 42.7 Å². The van der Waals surface area contributed by atoms with E-state index in [4.69, 9.17) is 4.74 Å². The number of methoxy groups -OCH3 is 1. The predicted octanol–water partition coefficient (Wildman–Crippen LogP) is 2.45. The minimum atomic E-state index is -0.260. The molecule has 1 amide bonds. The maximum Gasteiger partial charge on any atom is 0.257 e. The molecule has 2 aromatic carbocycles. The standard InChI is InChI=1S/C23H27N5O3/c1-16-4-5-18(12-17(16)2)23(9-11-29)8-10-27(14-23)22(30)20-13-19(6-7-21(20)31-3)28-15-24-25-26-28/h4-7,12-13,15,29H,8-11,14H2,1-3H3. The second-order valence-electron chi connectivity index (χ2n) is 8.17. The van der Waals surface area contributed by atoms with Crippen molar-refractivity contribution in [3.05, 3.63) is 65.0 Å². The molecule has 1 aliphatic heterocycles. The Hall–Kier alpha value is -3.26. The van der Waals surface area contributed by atoms with E-state index < -0.39 is 0 Å². The van der Waals surface area contributed by atoms with Crippen molar-refractivity contribution < 1.29 is 14.6 Å². The summed E-state index contributed by atoms with van der Waals surface area (Å²) in [6.45, 7) is 5.43. The van der Waals surface area contributed by atoms with Crippen molar-refractivity contribution >= 4 is 5.91 Å². The van der Waals surface area contributed by atoms with Crippen LogP contribution in [0.2, 0.25) is 0 Å². The van der Waals surface area contributed by atoms with E-state index >= 15 is 0 Å². The highest BCUT2D eigenvalue weighted by atomic mass is 16.5. The van der Waals surface area contributed by atoms with E-state index in [1.54, 1.807) is 25.3 Å². The van der Waals surface area contributed by atoms with E-state index in [2.05, 4.69) is 47.6 Å². The van der Waals surface area contributed by atoms with Crippen molar-refractivity contribution in [3.63, 3.8) is 0 Å². The number of aliphatic hydroxyl groups is 1. The first-order valence-electron chi connectivity index (χ1n) is 10.4. The van der Waals surface area contributed by atoms with Crippen molar-refractivity contribution in [1.29, 1.82) is 0 Å². The number of hydrogen-bond donors (Lipinski definition) is 1. The molecule has 8 heteroatoms. The van der Waals surface area contributed by atoms with Crippen LogP contribution in [0.5, 0.6) is 5.75 Å². The third kappa shape index (κ3) is 3.90. The largest absolute Gasteiger partial charge is 0.496 e. The molecule has 162 valence electrons. The fraction of sp³-hybridized carbons (Fsp3) is 0.391. The zero-order valence-electron chi connectivity index (χ0n) is 18.1. The summed E-state index contributed by atoms with van der Waals surface area (Å²) < 4.78 is 6.97. The lowest BCUT2D eigenvalue weighted by Crippen LogP contribution is -2.35. The monoisotopic (exact) mass is 421 g/mol. The molecule has 31 heavy (non-hydrogen) atoms. The Morgan fingerprint density at radius 2 is 2.03 bits per heavy atom. The molecule has 0 radical (unpaired) electrons. The van der Waals surface area contributed by atoms with Crippen LogP contribution in [0.1, 0.15) is 39.9 Å². The van der Waals surface area contributed by atoms with Gasteiger partial charge in [0.1, 0.15) is 12.1 Å². The number of nitrogens with zero attached hydrogens (tertiary/aromatic N) is 5. The molecular weight excluding hydrogens is 394 g/mol. The van der Waals surface area contributed by atoms with Gasteiger partial charge in [-0.1, -0.05) is 18.2 Å². The average molecular weight is 422 g/mol. The highest BCUT2D eigenvalue weighted by molar-refractivity contribution is 5.97. The summed E-state index contributed by atoms with van der Waals surface area (Å²) in [6, 6.07) is 11.8. The van der Waals surface area contributed by atoms with Gasteiger partial charge in [0, 0.05) is 25.1 Å². The van der Waals surface area contributed by atoms with E-state index in [1.807, 2.05) is 4.90 Å². The van der Waals surface area contributed by atoms with Gasteiger partial charge in [0.15, 0.2) is 0 Å². The highest BCUT2D eigenvalue weighted by Gasteiger charge is 2.41. The number of aryl methyl sites for hydroxylation is 2. The molecule has 0 spiro atoms. The molecule has 1 atom stereocenters. The van der Waals surface area contributed by atoms with E-state index in [1.165, 1.54) is 27.7 Å². The molecule has 0 aliphatic carbocycles. The fourth-order valence-corrected chi connectivity index (χ4v) is 4.37. The van der Waals surface area contributed by atoms with Gasteiger partial charge in [-0.3, -0.25) is 4.79 Å². The predicted molar refractivity (Wildman–Crippen MR) is 116 cm³/mol. The van der Waals surface area contributed by atoms with Crippen LogP contribution < -0.4 is 4.74 Å². The molecule has 1 aromatic heterocycles. The first kappa shape index (κ1) is 21.0. The molecule has 1 N–H and O–H groups in total. The van der Waals surface area contributed by atoms with Gasteiger partial charge in [-0.15, -0.1) is 5.10 Å². The van der Waals surface area contributed by atoms with Gasteiger partial charge in [-0.25, -0.2) is 4.68 Å². The lowest BCUT2D eigenvalue weighted by atomic mass is 9.76. The highest BCUT2D eigenvalue weighted by Crippen LogP contribution is 2.39. The van der Waals surface area contributed by atoms with Gasteiger partial charge in [0.25, 0.3) is 5.91 Å². The van der Waals surface area contributed by atoms with Gasteiger partial charge in [0.05, 0.1) is 18.4 Å². The second kappa shape index (κ2) is 8.47. The van der Waals surface area contributed by atoms with Crippen LogP contribution in [-0.4, -0.2) is 62.9 Å². The lowest BCUT2D eigenvalue weighted by Gasteiger charge is -2.30. The van der Waals surface area contributed by atoms with Gasteiger partial charge in [-0.05, 0) is 72.0 Å². The summed E-state index contributed by atoms with van der Waals surface area (Å²) in [5.74, 6) is 0.406. The first-order chi connectivity index (χ1) is 15.0. The molecule has 1 fully saturated rings. The number of aromatic nitrogens is 4. The van der Waals surface area contributed by atoms with Crippen molar-refractivity contribution in [3.8, 4) is 11.4 Å². The maximum absolute atomic E-state index is 13.5. The van der Waals surface area contributed by atoms with Gasteiger partial charge >= 0.3 is 0 Å². The topological polar surface area (TPSA) is 93.4 Å². The van der Waals surface area contributed by atoms with Crippen LogP contribution in [0.3, 0.4) is 0 Å². The smallest absolute Gasteiger partial charge is 0.257 e. The Balaban J connectivity index is 1.65. The van der Waals surface area contributed by atoms with Crippen LogP contribution in [0, 0.1) is 13.8 Å². The zero-order valence-corrected chi connectivity index (χ0v) is 18.1. The number of carbonyl (C=O) groups excluding carboxylic acids is 1. The summed E-state index contributed by atoms with van der Waals surface area (Å²) in [7, 11) is 1.55. The summed E-state index contributed by atoms with van der Waals surface area (Å²) in [6.07, 6.45) is 2.90. The van der Waals surface area contributed by atoms with E-state index in [9.17, 15) is 9.90 Å². The normalized spacial score (nSPS) is 18.4. The summed E-state index contributed by atoms with van der Waals surface area (Å²) in [5.41, 5.74) is 4.52. The van der Waals surface area contributed by atoms with Gasteiger partial charge < -0.3 is 14.7 Å². The minimum absolute atomic E-state index is 0.0764. The molecule has 8 nitrogen and oxygen atoms in total. The summed E-state index contributed by atoms with van der Waals surface area (Å²) in [4.78, 5) is 15.4. The van der Waals surface area contributed by atoms with Crippen molar-refractivity contribution in [2.75, 3.05) is 26.8 Å². The average Bonchev–Trinajstić information content (AvgIpc) is 3.46. The van der Waals surface area contributed by atoms with Crippen LogP contribution in [-0.2, 0) is 5.41 Å². The Labute approximate surface area is 181 Å². The molecule has 3 aromatic rings. The lowest BCUT2D eigenvalue weighted by molar-refractivity contribution is 0.0776. The minimum Gasteiger partial charge on any atom is -0.496 e. The summed E-state index contributed by atoms with van der Waals surface area (Å²) in [5, 5.41) is 21.0. The number of rotatable bonds is 6. The third-order valence-electron chi connectivity index (χ3n) is 6.38. The number of ether oxygens (including phenoxy) is 1. The van der Waals surface area contributed by atoms with E-state index in [0.717, 1.165) is 6.42 Å². The van der Waals surface area contributed by atoms with Crippen molar-refractivity contribution in [1.82, 2.24) is 25.1 Å². The van der Waals surface area contributed by atoms with Crippen LogP contribution >= 0.6 is 0 Å². The van der Waals surface area contributed by atoms with Crippen molar-refractivity contribution in [2.45, 2.75) is 32.1 Å². The molecular formula is C23H27N5O3. The molecule has 1 aliphatic rings. The molecule has 1 saturated heterocycles. The quantitative estimate of drug-likeness (QED) is 0.657. The van der Waals surface area contributed by atoms with Crippen molar-refractivity contribution in [2.24, 2.45) is 0 Å². The number of aliphatic hydroxyl groups excluding tert-OH is 1. The Morgan fingerprint density at radius 1 is 1.19 bits per heavy atom. The van der Waals surface area contributed by atoms with Gasteiger partial charge in [-0.2, -0.15) is 0 Å². The molecule has 0 saturated carbocycles. The third-order valence-corrected chi connectivity index (χ3v) is 6.38. The van der Waals surface area contributed by atoms with Crippen LogP contribution in [0.25, 0.3) is 5.69 Å². The van der Waals surface area contributed by atoms with Crippen LogP contribution in [0.4, 0.5) is 0 Å². The molecule has 2 heterocycles. The number of tetrazole rings is 1. The SMILES string of the molecule is COc1ccc(-n2cnnn2)cc1C(=O)N1CCC(CCO)(c2ccc(C)c(C)c2)C1. The fourth-order valence-electron chi connectivity index (χ4n) is 4.37. The Kier molecular flexibility index (Phi) is 5.73. The van der Waals surface area contributed by atoms with E-state index in [-0.39, 0.29) is 17.9 Å². The Morgan fingerprint density at radius 3 is 2.71 bits per heavy atom. The second-order valence-corrected chi connectivity index (χ2v) is 8.17. The van der Waals surface area contributed by atoms with E-state index in [0.29, 0.717) is 36.5 Å². The zero-order chi connectivity index (χ0) is 22.0. The van der Waals surface area contributed by atoms with Gasteiger partial charge in [0.2, 0.25) is 0 Å². The molecule has 1 unspecified atom stereocenters. The molecule has 4 rings (SSSR count). The number of likely N-dealkylation sites (tertiary alicyclic amines) is 1. The Bertz CT molecular complexity index is 1080. The molecule has 0 bridgehead atoms. The number of hydrogen-bond acceptors (Lipinski definition) is 6. The summed E-state index contributed by atoms with van der Waals surface area (Å²) >= 11 is 0. The maximum atomic E-state index is 13.5. The first-order valence-corrected chi connectivity index (χ1v) is 10.4. The number of benzene rings is 2.